The van der Waals surface area contributed by atoms with Crippen LogP contribution in [0.3, 0.4) is 0 Å². The van der Waals surface area contributed by atoms with Gasteiger partial charge in [-0.15, -0.1) is 0 Å². The van der Waals surface area contributed by atoms with Gasteiger partial charge in [0.15, 0.2) is 11.5 Å². The minimum Gasteiger partial charge on any atom is -0.497 e. The van der Waals surface area contributed by atoms with Crippen molar-refractivity contribution >= 4 is 28.4 Å². The number of aliphatic imine (C=N–C) groups is 1. The van der Waals surface area contributed by atoms with E-state index in [1.54, 1.807) is 52.1 Å². The number of amidine groups is 1. The zero-order chi connectivity index (χ0) is 18.6. The molecule has 0 atom stereocenters. The Morgan fingerprint density at radius 3 is 2.60 bits per heavy atom. The van der Waals surface area contributed by atoms with Gasteiger partial charge in [-0.2, -0.15) is 0 Å². The molecule has 0 aliphatic rings. The summed E-state index contributed by atoms with van der Waals surface area (Å²) < 4.78 is 10.5. The Hall–Kier alpha value is -3.09. The molecule has 0 saturated heterocycles. The Kier molecular flexibility index (Phi) is 5.59. The first-order valence-corrected chi connectivity index (χ1v) is 7.78. The molecule has 1 heterocycles. The monoisotopic (exact) mass is 342 g/mol. The molecule has 0 radical (unpaired) electrons. The van der Waals surface area contributed by atoms with Crippen molar-refractivity contribution in [2.45, 2.75) is 26.9 Å². The molecule has 0 spiro atoms. The summed E-state index contributed by atoms with van der Waals surface area (Å²) >= 11 is 0. The number of allylic oxidation sites excluding steroid dienone is 1. The number of esters is 1. The van der Waals surface area contributed by atoms with Crippen molar-refractivity contribution in [3.63, 3.8) is 0 Å². The summed E-state index contributed by atoms with van der Waals surface area (Å²) in [6.07, 6.45) is 1.26. The summed E-state index contributed by atoms with van der Waals surface area (Å²) in [6.45, 7) is 5.25. The summed E-state index contributed by atoms with van der Waals surface area (Å²) in [4.78, 5) is 20.9. The van der Waals surface area contributed by atoms with Gasteiger partial charge in [0.05, 0.1) is 13.2 Å². The molecule has 0 bridgehead atoms. The minimum absolute atomic E-state index is 0.175. The Labute approximate surface area is 146 Å². The minimum atomic E-state index is -0.522. The lowest BCUT2D eigenvalue weighted by atomic mass is 10.1. The van der Waals surface area contributed by atoms with E-state index in [1.807, 2.05) is 0 Å². The van der Waals surface area contributed by atoms with Crippen LogP contribution in [0.1, 0.15) is 31.3 Å². The molecule has 1 aromatic carbocycles. The van der Waals surface area contributed by atoms with E-state index in [9.17, 15) is 4.79 Å². The number of benzene rings is 1. The van der Waals surface area contributed by atoms with E-state index in [2.05, 4.69) is 9.98 Å². The maximum atomic E-state index is 12.4. The summed E-state index contributed by atoms with van der Waals surface area (Å²) in [7, 11) is 1.57. The highest BCUT2D eigenvalue weighted by Crippen LogP contribution is 2.27. The number of pyridine rings is 1. The Balaban J connectivity index is 2.63. The Bertz CT molecular complexity index is 853. The average Bonchev–Trinajstić information content (AvgIpc) is 2.51. The van der Waals surface area contributed by atoms with Crippen molar-refractivity contribution in [1.29, 1.82) is 0 Å². The number of aromatic nitrogens is 1. The van der Waals surface area contributed by atoms with E-state index >= 15 is 0 Å². The number of fused-ring (bicyclic) bond motifs is 1. The fourth-order valence-corrected chi connectivity index (χ4v) is 2.23. The van der Waals surface area contributed by atoms with Crippen LogP contribution < -0.4 is 16.2 Å². The summed E-state index contributed by atoms with van der Waals surface area (Å²) in [5, 5.41) is 1.39. The molecule has 2 aromatic rings. The van der Waals surface area contributed by atoms with E-state index in [4.69, 9.17) is 20.9 Å². The second-order valence-electron chi connectivity index (χ2n) is 5.80. The SMILES string of the molecule is COc1ccc2c(C(=O)OC(C)C)nc(N=C(N)/C=C(/C)N)cc2c1. The Morgan fingerprint density at radius 2 is 2.00 bits per heavy atom. The molecule has 25 heavy (non-hydrogen) atoms. The van der Waals surface area contributed by atoms with E-state index in [-0.39, 0.29) is 23.5 Å². The second kappa shape index (κ2) is 7.65. The average molecular weight is 342 g/mol. The molecule has 0 fully saturated rings. The van der Waals surface area contributed by atoms with Crippen molar-refractivity contribution in [3.8, 4) is 5.75 Å². The number of nitrogens with zero attached hydrogens (tertiary/aromatic N) is 2. The van der Waals surface area contributed by atoms with Crippen LogP contribution in [0.15, 0.2) is 41.0 Å². The lowest BCUT2D eigenvalue weighted by Crippen LogP contribution is -2.14. The normalized spacial score (nSPS) is 12.5. The van der Waals surface area contributed by atoms with Crippen LogP contribution >= 0.6 is 0 Å². The van der Waals surface area contributed by atoms with Gasteiger partial charge in [-0.3, -0.25) is 0 Å². The number of carbonyl (C=O) groups is 1. The molecular weight excluding hydrogens is 320 g/mol. The number of hydrogen-bond acceptors (Lipinski definition) is 6. The lowest BCUT2D eigenvalue weighted by molar-refractivity contribution is 0.0373. The number of ether oxygens (including phenoxy) is 2. The number of carbonyl (C=O) groups excluding carboxylic acids is 1. The van der Waals surface area contributed by atoms with Gasteiger partial charge >= 0.3 is 5.97 Å². The molecule has 132 valence electrons. The molecule has 4 N–H and O–H groups in total. The van der Waals surface area contributed by atoms with Crippen LogP contribution in [0.25, 0.3) is 10.8 Å². The lowest BCUT2D eigenvalue weighted by Gasteiger charge is -2.11. The molecule has 1 aromatic heterocycles. The predicted octanol–water partition coefficient (Wildman–Crippen LogP) is 2.66. The number of methoxy groups -OCH3 is 1. The maximum absolute atomic E-state index is 12.4. The highest BCUT2D eigenvalue weighted by Gasteiger charge is 2.17. The first-order valence-electron chi connectivity index (χ1n) is 7.78. The molecule has 0 unspecified atom stereocenters. The number of nitrogens with two attached hydrogens (primary N) is 2. The van der Waals surface area contributed by atoms with E-state index in [0.29, 0.717) is 16.8 Å². The van der Waals surface area contributed by atoms with Crippen LogP contribution in [0.2, 0.25) is 0 Å². The molecular formula is C18H22N4O3. The van der Waals surface area contributed by atoms with Crippen molar-refractivity contribution in [1.82, 2.24) is 4.98 Å². The zero-order valence-corrected chi connectivity index (χ0v) is 14.7. The molecule has 7 nitrogen and oxygen atoms in total. The summed E-state index contributed by atoms with van der Waals surface area (Å²) in [5.41, 5.74) is 12.1. The number of hydrogen-bond donors (Lipinski definition) is 2. The highest BCUT2D eigenvalue weighted by atomic mass is 16.5. The Morgan fingerprint density at radius 1 is 1.28 bits per heavy atom. The third-order valence-electron chi connectivity index (χ3n) is 3.18. The van der Waals surface area contributed by atoms with Crippen molar-refractivity contribution in [2.75, 3.05) is 7.11 Å². The van der Waals surface area contributed by atoms with E-state index in [1.165, 1.54) is 6.08 Å². The largest absolute Gasteiger partial charge is 0.497 e. The van der Waals surface area contributed by atoms with Gasteiger partial charge in [0.25, 0.3) is 0 Å². The summed E-state index contributed by atoms with van der Waals surface area (Å²) in [5.74, 6) is 0.609. The van der Waals surface area contributed by atoms with E-state index in [0.717, 1.165) is 5.39 Å². The molecule has 0 amide bonds. The fourth-order valence-electron chi connectivity index (χ4n) is 2.23. The van der Waals surface area contributed by atoms with Crippen LogP contribution in [-0.4, -0.2) is 30.0 Å². The highest BCUT2D eigenvalue weighted by molar-refractivity contribution is 6.04. The zero-order valence-electron chi connectivity index (χ0n) is 14.7. The topological polar surface area (TPSA) is 113 Å². The van der Waals surface area contributed by atoms with Crippen LogP contribution in [0.4, 0.5) is 5.82 Å². The summed E-state index contributed by atoms with van der Waals surface area (Å²) in [6, 6.07) is 7.03. The van der Waals surface area contributed by atoms with Gasteiger partial charge in [0.2, 0.25) is 0 Å². The fraction of sp³-hybridized carbons (Fsp3) is 0.278. The van der Waals surface area contributed by atoms with Gasteiger partial charge in [-0.05, 0) is 56.5 Å². The standard InChI is InChI=1S/C18H22N4O3/c1-10(2)25-18(23)17-14-6-5-13(24-4)8-12(14)9-16(22-17)21-15(20)7-11(3)19/h5-10H,19H2,1-4H3,(H2,20,21,22)/b11-7-. The quantitative estimate of drug-likeness (QED) is 0.491. The second-order valence-corrected chi connectivity index (χ2v) is 5.80. The molecule has 0 aliphatic carbocycles. The van der Waals surface area contributed by atoms with Gasteiger partial charge in [0.1, 0.15) is 11.6 Å². The van der Waals surface area contributed by atoms with Crippen LogP contribution in [-0.2, 0) is 4.74 Å². The van der Waals surface area contributed by atoms with Crippen LogP contribution in [0, 0.1) is 0 Å². The van der Waals surface area contributed by atoms with Crippen molar-refractivity contribution in [3.05, 3.63) is 41.7 Å². The third kappa shape index (κ3) is 4.69. The molecule has 0 saturated carbocycles. The number of rotatable bonds is 5. The van der Waals surface area contributed by atoms with Gasteiger partial charge < -0.3 is 20.9 Å². The molecule has 0 aliphatic heterocycles. The smallest absolute Gasteiger partial charge is 0.357 e. The molecule has 7 heteroatoms. The predicted molar refractivity (Wildman–Crippen MR) is 98.1 cm³/mol. The molecule has 2 rings (SSSR count). The van der Waals surface area contributed by atoms with Gasteiger partial charge in [-0.25, -0.2) is 14.8 Å². The van der Waals surface area contributed by atoms with Crippen molar-refractivity contribution < 1.29 is 14.3 Å². The van der Waals surface area contributed by atoms with Gasteiger partial charge in [0, 0.05) is 11.1 Å². The first-order chi connectivity index (χ1) is 11.8. The van der Waals surface area contributed by atoms with Crippen molar-refractivity contribution in [2.24, 2.45) is 16.5 Å². The third-order valence-corrected chi connectivity index (χ3v) is 3.18. The van der Waals surface area contributed by atoms with E-state index < -0.39 is 5.97 Å². The van der Waals surface area contributed by atoms with Crippen LogP contribution in [0.5, 0.6) is 5.75 Å². The van der Waals surface area contributed by atoms with Gasteiger partial charge in [-0.1, -0.05) is 0 Å². The maximum Gasteiger partial charge on any atom is 0.357 e. The first kappa shape index (κ1) is 18.3.